The minimum absolute atomic E-state index is 0.230. The van der Waals surface area contributed by atoms with Crippen LogP contribution < -0.4 is 0 Å². The number of piperidine rings is 1. The molecule has 1 aromatic rings. The zero-order valence-corrected chi connectivity index (χ0v) is 11.4. The van der Waals surface area contributed by atoms with E-state index in [0.29, 0.717) is 25.2 Å². The first-order valence-corrected chi connectivity index (χ1v) is 6.62. The number of hydrogen-bond acceptors (Lipinski definition) is 3. The molecule has 2 heterocycles. The van der Waals surface area contributed by atoms with E-state index in [9.17, 15) is 26.3 Å². The molecule has 0 N–H and O–H groups in total. The lowest BCUT2D eigenvalue weighted by Crippen LogP contribution is -2.38. The maximum absolute atomic E-state index is 12.4. The summed E-state index contributed by atoms with van der Waals surface area (Å²) in [6.45, 7) is 1.13. The molecule has 0 saturated carbocycles. The van der Waals surface area contributed by atoms with E-state index in [1.165, 1.54) is 6.07 Å². The smallest absolute Gasteiger partial charge is 0.299 e. The van der Waals surface area contributed by atoms with Gasteiger partial charge in [-0.15, -0.1) is 13.2 Å². The van der Waals surface area contributed by atoms with Gasteiger partial charge in [0.15, 0.2) is 0 Å². The Labute approximate surface area is 122 Å². The summed E-state index contributed by atoms with van der Waals surface area (Å²) in [6, 6.07) is 2.23. The van der Waals surface area contributed by atoms with Crippen LogP contribution in [0.25, 0.3) is 0 Å². The Morgan fingerprint density at radius 2 is 1.73 bits per heavy atom. The zero-order valence-electron chi connectivity index (χ0n) is 11.4. The normalized spacial score (nSPS) is 18.6. The Morgan fingerprint density at radius 3 is 2.18 bits per heavy atom. The zero-order chi connectivity index (χ0) is 16.4. The minimum Gasteiger partial charge on any atom is -0.299 e. The van der Waals surface area contributed by atoms with Crippen LogP contribution in [0.5, 0.6) is 0 Å². The fourth-order valence-electron chi connectivity index (χ4n) is 2.32. The third-order valence-electron chi connectivity index (χ3n) is 3.36. The second-order valence-electron chi connectivity index (χ2n) is 5.09. The summed E-state index contributed by atoms with van der Waals surface area (Å²) >= 11 is 0. The minimum atomic E-state index is -4.63. The number of aromatic nitrogens is 1. The van der Waals surface area contributed by atoms with Crippen molar-refractivity contribution in [2.75, 3.05) is 13.1 Å². The second-order valence-corrected chi connectivity index (χ2v) is 5.09. The van der Waals surface area contributed by atoms with Gasteiger partial charge >= 0.3 is 12.5 Å². The van der Waals surface area contributed by atoms with Crippen LogP contribution in [0.1, 0.15) is 24.1 Å². The Bertz CT molecular complexity index is 477. The van der Waals surface area contributed by atoms with Crippen LogP contribution in [0.4, 0.5) is 26.3 Å². The number of ether oxygens (including phenoxy) is 1. The summed E-state index contributed by atoms with van der Waals surface area (Å²) < 4.78 is 77.3. The van der Waals surface area contributed by atoms with Gasteiger partial charge in [0.05, 0.1) is 6.10 Å². The standard InChI is InChI=1S/C13H14F6N2O/c14-12(15,16)11-2-1-9(7-20-11)8-21-5-3-10(4-6-21)22-13(17,18)19/h1-2,7,10H,3-6,8H2. The number of nitrogens with zero attached hydrogens (tertiary/aromatic N) is 2. The van der Waals surface area contributed by atoms with Crippen molar-refractivity contribution in [3.63, 3.8) is 0 Å². The highest BCUT2D eigenvalue weighted by molar-refractivity contribution is 5.16. The third-order valence-corrected chi connectivity index (χ3v) is 3.36. The van der Waals surface area contributed by atoms with E-state index in [4.69, 9.17) is 0 Å². The maximum atomic E-state index is 12.4. The third kappa shape index (κ3) is 5.13. The molecule has 0 radical (unpaired) electrons. The molecule has 1 fully saturated rings. The van der Waals surface area contributed by atoms with E-state index in [0.717, 1.165) is 12.3 Å². The Hall–Kier alpha value is -1.35. The molecule has 0 amide bonds. The lowest BCUT2D eigenvalue weighted by Gasteiger charge is -2.32. The fraction of sp³-hybridized carbons (Fsp3) is 0.615. The molecule has 22 heavy (non-hydrogen) atoms. The Balaban J connectivity index is 1.83. The van der Waals surface area contributed by atoms with E-state index >= 15 is 0 Å². The second kappa shape index (κ2) is 6.41. The Kier molecular flexibility index (Phi) is 4.96. The Morgan fingerprint density at radius 1 is 1.09 bits per heavy atom. The number of rotatable bonds is 3. The molecule has 124 valence electrons. The summed E-state index contributed by atoms with van der Waals surface area (Å²) in [5.74, 6) is 0. The molecule has 1 aliphatic rings. The lowest BCUT2D eigenvalue weighted by atomic mass is 10.1. The summed E-state index contributed by atoms with van der Waals surface area (Å²) in [4.78, 5) is 5.22. The first-order chi connectivity index (χ1) is 10.1. The van der Waals surface area contributed by atoms with Crippen molar-refractivity contribution in [2.24, 2.45) is 0 Å². The quantitative estimate of drug-likeness (QED) is 0.793. The van der Waals surface area contributed by atoms with Crippen LogP contribution in [-0.2, 0) is 17.5 Å². The molecule has 0 spiro atoms. The van der Waals surface area contributed by atoms with Crippen molar-refractivity contribution in [3.8, 4) is 0 Å². The first kappa shape index (κ1) is 17.0. The van der Waals surface area contributed by atoms with E-state index < -0.39 is 24.3 Å². The summed E-state index contributed by atoms with van der Waals surface area (Å²) in [7, 11) is 0. The van der Waals surface area contributed by atoms with Gasteiger partial charge < -0.3 is 0 Å². The molecule has 2 rings (SSSR count). The van der Waals surface area contributed by atoms with Gasteiger partial charge in [-0.05, 0) is 24.5 Å². The molecule has 9 heteroatoms. The summed E-state index contributed by atoms with van der Waals surface area (Å²) in [5, 5.41) is 0. The average Bonchev–Trinajstić information content (AvgIpc) is 2.39. The molecule has 1 aromatic heterocycles. The van der Waals surface area contributed by atoms with Crippen LogP contribution in [0.15, 0.2) is 18.3 Å². The number of alkyl halides is 6. The van der Waals surface area contributed by atoms with E-state index in [1.54, 1.807) is 0 Å². The molecule has 0 unspecified atom stereocenters. The molecule has 0 aliphatic carbocycles. The highest BCUT2D eigenvalue weighted by Crippen LogP contribution is 2.28. The fourth-order valence-corrected chi connectivity index (χ4v) is 2.32. The molecular formula is C13H14F6N2O. The van der Waals surface area contributed by atoms with Gasteiger partial charge in [-0.3, -0.25) is 14.6 Å². The number of hydrogen-bond donors (Lipinski definition) is 0. The van der Waals surface area contributed by atoms with E-state index in [1.807, 2.05) is 4.90 Å². The van der Waals surface area contributed by atoms with Crippen molar-refractivity contribution in [1.29, 1.82) is 0 Å². The van der Waals surface area contributed by atoms with Crippen LogP contribution in [0.3, 0.4) is 0 Å². The van der Waals surface area contributed by atoms with Gasteiger partial charge in [-0.25, -0.2) is 0 Å². The molecule has 0 bridgehead atoms. The van der Waals surface area contributed by atoms with Crippen molar-refractivity contribution < 1.29 is 31.1 Å². The van der Waals surface area contributed by atoms with Gasteiger partial charge in [0.25, 0.3) is 0 Å². The van der Waals surface area contributed by atoms with Crippen LogP contribution in [-0.4, -0.2) is 35.4 Å². The molecule has 1 saturated heterocycles. The van der Waals surface area contributed by atoms with Crippen molar-refractivity contribution in [3.05, 3.63) is 29.6 Å². The number of halogens is 6. The molecular weight excluding hydrogens is 314 g/mol. The van der Waals surface area contributed by atoms with Gasteiger partial charge in [0.2, 0.25) is 0 Å². The van der Waals surface area contributed by atoms with E-state index in [-0.39, 0.29) is 12.8 Å². The van der Waals surface area contributed by atoms with E-state index in [2.05, 4.69) is 9.72 Å². The maximum Gasteiger partial charge on any atom is 0.522 e. The van der Waals surface area contributed by atoms with Crippen molar-refractivity contribution in [1.82, 2.24) is 9.88 Å². The van der Waals surface area contributed by atoms with Crippen molar-refractivity contribution in [2.45, 2.75) is 38.0 Å². The molecule has 3 nitrogen and oxygen atoms in total. The van der Waals surface area contributed by atoms with Gasteiger partial charge in [0, 0.05) is 25.8 Å². The summed E-state index contributed by atoms with van der Waals surface area (Å²) in [6.07, 6.45) is -8.37. The lowest BCUT2D eigenvalue weighted by molar-refractivity contribution is -0.345. The van der Waals surface area contributed by atoms with Gasteiger partial charge in [0.1, 0.15) is 5.69 Å². The summed E-state index contributed by atoms with van der Waals surface area (Å²) in [5.41, 5.74) is -0.378. The number of pyridine rings is 1. The van der Waals surface area contributed by atoms with Gasteiger partial charge in [-0.2, -0.15) is 13.2 Å². The molecule has 1 aliphatic heterocycles. The van der Waals surface area contributed by atoms with Crippen molar-refractivity contribution >= 4 is 0 Å². The average molecular weight is 328 g/mol. The SMILES string of the molecule is FC(F)(F)OC1CCN(Cc2ccc(C(F)(F)F)nc2)CC1. The van der Waals surface area contributed by atoms with Crippen LogP contribution in [0.2, 0.25) is 0 Å². The highest BCUT2D eigenvalue weighted by atomic mass is 19.4. The number of likely N-dealkylation sites (tertiary alicyclic amines) is 1. The van der Waals surface area contributed by atoms with Gasteiger partial charge in [-0.1, -0.05) is 6.07 Å². The monoisotopic (exact) mass is 328 g/mol. The topological polar surface area (TPSA) is 25.4 Å². The predicted octanol–water partition coefficient (Wildman–Crippen LogP) is 3.60. The highest BCUT2D eigenvalue weighted by Gasteiger charge is 2.35. The first-order valence-electron chi connectivity index (χ1n) is 6.62. The molecule has 0 atom stereocenters. The van der Waals surface area contributed by atoms with Crippen LogP contribution in [0, 0.1) is 0 Å². The largest absolute Gasteiger partial charge is 0.522 e. The predicted molar refractivity (Wildman–Crippen MR) is 64.7 cm³/mol. The molecule has 0 aromatic carbocycles. The van der Waals surface area contributed by atoms with Crippen LogP contribution >= 0.6 is 0 Å².